The molecule has 0 N–H and O–H groups in total. The molecule has 38 heavy (non-hydrogen) atoms. The van der Waals surface area contributed by atoms with Crippen molar-refractivity contribution >= 4 is 16.7 Å². The number of benzene rings is 1. The summed E-state index contributed by atoms with van der Waals surface area (Å²) in [6, 6.07) is 3.62. The summed E-state index contributed by atoms with van der Waals surface area (Å²) in [7, 11) is 1.72. The smallest absolute Gasteiger partial charge is 0.364 e. The third kappa shape index (κ3) is 4.82. The van der Waals surface area contributed by atoms with Gasteiger partial charge < -0.3 is 14.2 Å². The van der Waals surface area contributed by atoms with Crippen LogP contribution >= 0.6 is 0 Å². The first-order chi connectivity index (χ1) is 18.0. The van der Waals surface area contributed by atoms with E-state index in [1.165, 1.54) is 6.07 Å². The molecule has 11 heteroatoms. The molecule has 0 saturated carbocycles. The SMILES string of the molecule is CC(c1ccc(F)cc1C(F)(F)F)N1C[C@H](C)N(c2cc(=O)n(C)c3cn(C4CCCCO4)nc23)C[C@H]1C. The number of fused-ring (bicyclic) bond motifs is 1. The monoisotopic (exact) mass is 535 g/mol. The molecule has 0 aliphatic carbocycles. The Bertz CT molecular complexity index is 1380. The predicted molar refractivity (Wildman–Crippen MR) is 137 cm³/mol. The fourth-order valence-electron chi connectivity index (χ4n) is 5.86. The van der Waals surface area contributed by atoms with Crippen molar-refractivity contribution in [3.63, 3.8) is 0 Å². The maximum atomic E-state index is 13.7. The molecule has 2 unspecified atom stereocenters. The van der Waals surface area contributed by atoms with Gasteiger partial charge in [0.15, 0.2) is 0 Å². The van der Waals surface area contributed by atoms with Crippen LogP contribution in [0.4, 0.5) is 23.2 Å². The summed E-state index contributed by atoms with van der Waals surface area (Å²) in [5.74, 6) is -0.910. The van der Waals surface area contributed by atoms with Crippen LogP contribution in [0.25, 0.3) is 11.0 Å². The second-order valence-electron chi connectivity index (χ2n) is 10.5. The zero-order valence-electron chi connectivity index (χ0n) is 22.0. The molecule has 7 nitrogen and oxygen atoms in total. The Kier molecular flexibility index (Phi) is 7.02. The Morgan fingerprint density at radius 2 is 1.87 bits per heavy atom. The van der Waals surface area contributed by atoms with Crippen LogP contribution in [0.1, 0.15) is 63.4 Å². The number of rotatable bonds is 4. The summed E-state index contributed by atoms with van der Waals surface area (Å²) in [5, 5.41) is 4.84. The summed E-state index contributed by atoms with van der Waals surface area (Å²) < 4.78 is 64.2. The van der Waals surface area contributed by atoms with Crippen molar-refractivity contribution in [1.29, 1.82) is 0 Å². The van der Waals surface area contributed by atoms with E-state index in [0.717, 1.165) is 25.3 Å². The third-order valence-electron chi connectivity index (χ3n) is 7.97. The van der Waals surface area contributed by atoms with Crippen molar-refractivity contribution in [2.24, 2.45) is 7.05 Å². The number of halogens is 4. The highest BCUT2D eigenvalue weighted by Crippen LogP contribution is 2.39. The van der Waals surface area contributed by atoms with E-state index >= 15 is 0 Å². The molecule has 4 heterocycles. The quantitative estimate of drug-likeness (QED) is 0.427. The van der Waals surface area contributed by atoms with Gasteiger partial charge in [0, 0.05) is 50.9 Å². The van der Waals surface area contributed by atoms with Crippen molar-refractivity contribution < 1.29 is 22.3 Å². The van der Waals surface area contributed by atoms with Gasteiger partial charge >= 0.3 is 6.18 Å². The molecule has 206 valence electrons. The number of aryl methyl sites for hydroxylation is 1. The van der Waals surface area contributed by atoms with Crippen LogP contribution in [0.15, 0.2) is 35.3 Å². The lowest BCUT2D eigenvalue weighted by molar-refractivity contribution is -0.139. The molecule has 1 aromatic carbocycles. The zero-order valence-corrected chi connectivity index (χ0v) is 22.0. The molecule has 4 atom stereocenters. The van der Waals surface area contributed by atoms with E-state index in [1.54, 1.807) is 29.3 Å². The summed E-state index contributed by atoms with van der Waals surface area (Å²) >= 11 is 0. The topological polar surface area (TPSA) is 55.5 Å². The third-order valence-corrected chi connectivity index (χ3v) is 7.97. The van der Waals surface area contributed by atoms with Gasteiger partial charge in [0.05, 0.1) is 23.0 Å². The number of hydrogen-bond donors (Lipinski definition) is 0. The highest BCUT2D eigenvalue weighted by Gasteiger charge is 2.39. The summed E-state index contributed by atoms with van der Waals surface area (Å²) in [6.45, 7) is 7.29. The summed E-state index contributed by atoms with van der Waals surface area (Å²) in [5.41, 5.74) is 1.05. The van der Waals surface area contributed by atoms with Gasteiger partial charge in [-0.1, -0.05) is 6.07 Å². The average molecular weight is 536 g/mol. The van der Waals surface area contributed by atoms with E-state index < -0.39 is 23.6 Å². The Balaban J connectivity index is 1.46. The van der Waals surface area contributed by atoms with E-state index in [4.69, 9.17) is 9.84 Å². The van der Waals surface area contributed by atoms with Crippen LogP contribution in [0.5, 0.6) is 0 Å². The molecule has 2 fully saturated rings. The molecule has 0 bridgehead atoms. The fraction of sp³-hybridized carbons (Fsp3) is 0.556. The zero-order chi connectivity index (χ0) is 27.4. The minimum atomic E-state index is -4.65. The maximum absolute atomic E-state index is 13.7. The van der Waals surface area contributed by atoms with Crippen LogP contribution in [-0.2, 0) is 18.0 Å². The number of anilines is 1. The van der Waals surface area contributed by atoms with Crippen molar-refractivity contribution in [2.75, 3.05) is 24.6 Å². The Hall–Kier alpha value is -2.92. The molecule has 0 radical (unpaired) electrons. The van der Waals surface area contributed by atoms with Crippen LogP contribution in [0, 0.1) is 5.82 Å². The van der Waals surface area contributed by atoms with Crippen LogP contribution in [0.3, 0.4) is 0 Å². The molecule has 0 amide bonds. The molecular weight excluding hydrogens is 502 g/mol. The van der Waals surface area contributed by atoms with Gasteiger partial charge in [0.25, 0.3) is 5.56 Å². The van der Waals surface area contributed by atoms with Crippen LogP contribution < -0.4 is 10.5 Å². The lowest BCUT2D eigenvalue weighted by Gasteiger charge is -2.48. The van der Waals surface area contributed by atoms with Gasteiger partial charge in [-0.15, -0.1) is 0 Å². The van der Waals surface area contributed by atoms with Gasteiger partial charge in [-0.05, 0) is 57.7 Å². The minimum Gasteiger partial charge on any atom is -0.364 e. The van der Waals surface area contributed by atoms with Crippen LogP contribution in [0.2, 0.25) is 0 Å². The first-order valence-electron chi connectivity index (χ1n) is 13.0. The largest absolute Gasteiger partial charge is 0.416 e. The second kappa shape index (κ2) is 10.00. The van der Waals surface area contributed by atoms with Crippen molar-refractivity contribution in [2.45, 2.75) is 70.6 Å². The van der Waals surface area contributed by atoms with Gasteiger partial charge in [-0.25, -0.2) is 9.07 Å². The number of hydrogen-bond acceptors (Lipinski definition) is 5. The van der Waals surface area contributed by atoms with Crippen molar-refractivity contribution in [3.05, 3.63) is 57.8 Å². The van der Waals surface area contributed by atoms with E-state index in [0.29, 0.717) is 42.5 Å². The molecule has 0 spiro atoms. The summed E-state index contributed by atoms with van der Waals surface area (Å²) in [4.78, 5) is 17.0. The lowest BCUT2D eigenvalue weighted by Crippen LogP contribution is -2.57. The number of pyridine rings is 1. The first kappa shape index (κ1) is 26.7. The number of nitrogens with zero attached hydrogens (tertiary/aromatic N) is 5. The number of alkyl halides is 3. The molecule has 2 saturated heterocycles. The van der Waals surface area contributed by atoms with Gasteiger partial charge in [0.2, 0.25) is 0 Å². The number of ether oxygens (including phenoxy) is 1. The Morgan fingerprint density at radius 1 is 1.11 bits per heavy atom. The molecule has 2 aromatic heterocycles. The molecule has 5 rings (SSSR count). The van der Waals surface area contributed by atoms with Crippen LogP contribution in [-0.4, -0.2) is 51.0 Å². The lowest BCUT2D eigenvalue weighted by atomic mass is 9.96. The number of aromatic nitrogens is 3. The molecule has 2 aliphatic heterocycles. The average Bonchev–Trinajstić information content (AvgIpc) is 3.33. The highest BCUT2D eigenvalue weighted by atomic mass is 19.4. The maximum Gasteiger partial charge on any atom is 0.416 e. The second-order valence-corrected chi connectivity index (χ2v) is 10.5. The van der Waals surface area contributed by atoms with Gasteiger partial charge in [-0.2, -0.15) is 18.3 Å². The van der Waals surface area contributed by atoms with Gasteiger partial charge in [-0.3, -0.25) is 9.69 Å². The normalized spacial score (nSPS) is 24.2. The fourth-order valence-corrected chi connectivity index (χ4v) is 5.86. The number of piperazine rings is 1. The van der Waals surface area contributed by atoms with E-state index in [2.05, 4.69) is 4.90 Å². The molecule has 3 aromatic rings. The standard InChI is InChI=1S/C27H33F4N5O2/c1-16-14-35(17(2)13-34(16)18(3)20-9-8-19(28)11-21(20)27(29,30)31)22-12-24(37)33(4)23-15-36(32-26(22)23)25-7-5-6-10-38-25/h8-9,11-12,15-18,25H,5-7,10,13-14H2,1-4H3/t16-,17+,18?,25?/m1/s1. The van der Waals surface area contributed by atoms with Crippen molar-refractivity contribution in [3.8, 4) is 0 Å². The van der Waals surface area contributed by atoms with E-state index in [-0.39, 0.29) is 29.4 Å². The molecular formula is C27H33F4N5O2. The molecule has 2 aliphatic rings. The van der Waals surface area contributed by atoms with Crippen molar-refractivity contribution in [1.82, 2.24) is 19.2 Å². The van der Waals surface area contributed by atoms with Gasteiger partial charge in [0.1, 0.15) is 17.6 Å². The van der Waals surface area contributed by atoms with E-state index in [1.807, 2.05) is 24.9 Å². The minimum absolute atomic E-state index is 0.0496. The Morgan fingerprint density at radius 3 is 2.55 bits per heavy atom. The predicted octanol–water partition coefficient (Wildman–Crippen LogP) is 5.25. The Labute approximate surface area is 218 Å². The first-order valence-corrected chi connectivity index (χ1v) is 13.0. The highest BCUT2D eigenvalue weighted by molar-refractivity contribution is 5.88. The summed E-state index contributed by atoms with van der Waals surface area (Å²) in [6.07, 6.45) is -0.0570. The van der Waals surface area contributed by atoms with E-state index in [9.17, 15) is 22.4 Å².